The Morgan fingerprint density at radius 1 is 1.21 bits per heavy atom. The molecule has 1 saturated carbocycles. The van der Waals surface area contributed by atoms with E-state index in [4.69, 9.17) is 21.1 Å². The van der Waals surface area contributed by atoms with Crippen LogP contribution in [0.3, 0.4) is 0 Å². The summed E-state index contributed by atoms with van der Waals surface area (Å²) in [6, 6.07) is 3.82. The molecule has 104 valence electrons. The zero-order valence-electron chi connectivity index (χ0n) is 11.3. The van der Waals surface area contributed by atoms with E-state index in [-0.39, 0.29) is 5.41 Å². The molecule has 0 aromatic heterocycles. The third-order valence-electron chi connectivity index (χ3n) is 3.66. The quantitative estimate of drug-likeness (QED) is 0.905. The summed E-state index contributed by atoms with van der Waals surface area (Å²) in [4.78, 5) is 0. The lowest BCUT2D eigenvalue weighted by molar-refractivity contribution is 0.140. The Morgan fingerprint density at radius 3 is 2.58 bits per heavy atom. The van der Waals surface area contributed by atoms with Crippen molar-refractivity contribution >= 4 is 11.6 Å². The third-order valence-corrected chi connectivity index (χ3v) is 3.94. The van der Waals surface area contributed by atoms with Crippen LogP contribution in [-0.4, -0.2) is 23.9 Å². The van der Waals surface area contributed by atoms with Gasteiger partial charge in [-0.2, -0.15) is 0 Å². The average molecular weight is 283 g/mol. The highest BCUT2D eigenvalue weighted by molar-refractivity contribution is 6.32. The Labute approximate surface area is 118 Å². The molecule has 1 N–H and O–H groups in total. The van der Waals surface area contributed by atoms with Gasteiger partial charge < -0.3 is 14.6 Å². The lowest BCUT2D eigenvalue weighted by Crippen LogP contribution is -2.26. The molecule has 1 aromatic rings. The van der Waals surface area contributed by atoms with Gasteiger partial charge in [-0.25, -0.2) is 0 Å². The second kappa shape index (κ2) is 4.29. The van der Waals surface area contributed by atoms with Gasteiger partial charge in [-0.15, -0.1) is 0 Å². The largest absolute Gasteiger partial charge is 0.489 e. The van der Waals surface area contributed by atoms with Crippen LogP contribution in [-0.2, 0) is 6.42 Å². The van der Waals surface area contributed by atoms with Crippen LogP contribution >= 0.6 is 11.6 Å². The highest BCUT2D eigenvalue weighted by Gasteiger charge is 2.40. The first-order valence-electron chi connectivity index (χ1n) is 6.67. The summed E-state index contributed by atoms with van der Waals surface area (Å²) < 4.78 is 11.6. The van der Waals surface area contributed by atoms with E-state index < -0.39 is 5.60 Å². The van der Waals surface area contributed by atoms with E-state index in [2.05, 4.69) is 13.8 Å². The smallest absolute Gasteiger partial charge is 0.179 e. The van der Waals surface area contributed by atoms with E-state index in [1.165, 1.54) is 0 Å². The number of hydrogen-bond donors (Lipinski definition) is 1. The number of aliphatic hydroxyl groups is 1. The van der Waals surface area contributed by atoms with Gasteiger partial charge in [0.25, 0.3) is 0 Å². The lowest BCUT2D eigenvalue weighted by Gasteiger charge is -2.19. The molecule has 1 heterocycles. The molecule has 0 saturated heterocycles. The summed E-state index contributed by atoms with van der Waals surface area (Å²) in [6.07, 6.45) is 2.37. The lowest BCUT2D eigenvalue weighted by atomic mass is 9.97. The van der Waals surface area contributed by atoms with Crippen LogP contribution in [0.4, 0.5) is 0 Å². The maximum absolute atomic E-state index is 10.0. The van der Waals surface area contributed by atoms with Crippen molar-refractivity contribution in [1.29, 1.82) is 0 Å². The SMILES string of the molecule is CC1(C)COc2cc(CC3(O)CC3)cc(Cl)c2OC1. The van der Waals surface area contributed by atoms with Crippen LogP contribution in [0, 0.1) is 5.41 Å². The van der Waals surface area contributed by atoms with Gasteiger partial charge >= 0.3 is 0 Å². The molecule has 0 unspecified atom stereocenters. The molecule has 0 amide bonds. The number of hydrogen-bond acceptors (Lipinski definition) is 3. The van der Waals surface area contributed by atoms with Crippen molar-refractivity contribution in [2.24, 2.45) is 5.41 Å². The van der Waals surface area contributed by atoms with Gasteiger partial charge in [0, 0.05) is 11.8 Å². The molecule has 1 aliphatic carbocycles. The topological polar surface area (TPSA) is 38.7 Å². The standard InChI is InChI=1S/C15H19ClO3/c1-14(2)8-18-12-6-10(7-15(17)3-4-15)5-11(16)13(12)19-9-14/h5-6,17H,3-4,7-9H2,1-2H3. The molecule has 4 heteroatoms. The predicted octanol–water partition coefficient (Wildman–Crippen LogP) is 3.20. The zero-order valence-corrected chi connectivity index (χ0v) is 12.1. The Morgan fingerprint density at radius 2 is 1.89 bits per heavy atom. The van der Waals surface area contributed by atoms with Crippen LogP contribution in [0.1, 0.15) is 32.3 Å². The molecule has 0 radical (unpaired) electrons. The molecule has 1 fully saturated rings. The number of ether oxygens (including phenoxy) is 2. The van der Waals surface area contributed by atoms with E-state index in [9.17, 15) is 5.11 Å². The van der Waals surface area contributed by atoms with Crippen LogP contribution in [0.2, 0.25) is 5.02 Å². The van der Waals surface area contributed by atoms with Crippen molar-refractivity contribution in [3.63, 3.8) is 0 Å². The fourth-order valence-electron chi connectivity index (χ4n) is 2.25. The van der Waals surface area contributed by atoms with Crippen LogP contribution in [0.25, 0.3) is 0 Å². The van der Waals surface area contributed by atoms with Gasteiger partial charge in [0.05, 0.1) is 23.8 Å². The van der Waals surface area contributed by atoms with Crippen molar-refractivity contribution < 1.29 is 14.6 Å². The third kappa shape index (κ3) is 2.82. The summed E-state index contributed by atoms with van der Waals surface area (Å²) in [6.45, 7) is 5.38. The summed E-state index contributed by atoms with van der Waals surface area (Å²) in [7, 11) is 0. The number of benzene rings is 1. The molecule has 0 spiro atoms. The predicted molar refractivity (Wildman–Crippen MR) is 74.1 cm³/mol. The monoisotopic (exact) mass is 282 g/mol. The van der Waals surface area contributed by atoms with Crippen LogP contribution in [0.5, 0.6) is 11.5 Å². The number of rotatable bonds is 2. The minimum Gasteiger partial charge on any atom is -0.489 e. The minimum absolute atomic E-state index is 0.0305. The van der Waals surface area contributed by atoms with Gasteiger partial charge in [-0.1, -0.05) is 25.4 Å². The van der Waals surface area contributed by atoms with E-state index >= 15 is 0 Å². The van der Waals surface area contributed by atoms with Crippen molar-refractivity contribution in [1.82, 2.24) is 0 Å². The summed E-state index contributed by atoms with van der Waals surface area (Å²) >= 11 is 6.28. The molecule has 1 aromatic carbocycles. The first kappa shape index (κ1) is 13.1. The van der Waals surface area contributed by atoms with Gasteiger partial charge in [0.1, 0.15) is 0 Å². The van der Waals surface area contributed by atoms with Gasteiger partial charge in [0.15, 0.2) is 11.5 Å². The van der Waals surface area contributed by atoms with E-state index in [0.29, 0.717) is 36.2 Å². The Balaban J connectivity index is 1.89. The fourth-order valence-corrected chi connectivity index (χ4v) is 2.54. The number of halogens is 1. The first-order valence-corrected chi connectivity index (χ1v) is 7.05. The molecule has 3 nitrogen and oxygen atoms in total. The van der Waals surface area contributed by atoms with E-state index in [1.807, 2.05) is 12.1 Å². The molecule has 0 bridgehead atoms. The van der Waals surface area contributed by atoms with Crippen LogP contribution < -0.4 is 9.47 Å². The molecule has 3 rings (SSSR count). The maximum Gasteiger partial charge on any atom is 0.179 e. The van der Waals surface area contributed by atoms with E-state index in [0.717, 1.165) is 18.4 Å². The Hall–Kier alpha value is -0.930. The summed E-state index contributed by atoms with van der Waals surface area (Å²) in [5, 5.41) is 10.6. The Kier molecular flexibility index (Phi) is 2.95. The second-order valence-corrected chi connectivity index (χ2v) is 6.95. The highest BCUT2D eigenvalue weighted by atomic mass is 35.5. The van der Waals surface area contributed by atoms with Crippen molar-refractivity contribution in [2.75, 3.05) is 13.2 Å². The summed E-state index contributed by atoms with van der Waals surface area (Å²) in [5.41, 5.74) is 0.451. The number of fused-ring (bicyclic) bond motifs is 1. The van der Waals surface area contributed by atoms with Crippen molar-refractivity contribution in [3.8, 4) is 11.5 Å². The molecule has 0 atom stereocenters. The van der Waals surface area contributed by atoms with E-state index in [1.54, 1.807) is 0 Å². The van der Waals surface area contributed by atoms with Gasteiger partial charge in [0.2, 0.25) is 0 Å². The van der Waals surface area contributed by atoms with Crippen LogP contribution in [0.15, 0.2) is 12.1 Å². The zero-order chi connectivity index (χ0) is 13.7. The van der Waals surface area contributed by atoms with Gasteiger partial charge in [-0.3, -0.25) is 0 Å². The molecule has 19 heavy (non-hydrogen) atoms. The van der Waals surface area contributed by atoms with Gasteiger partial charge in [-0.05, 0) is 30.5 Å². The molecular weight excluding hydrogens is 264 g/mol. The summed E-state index contributed by atoms with van der Waals surface area (Å²) in [5.74, 6) is 1.32. The Bertz CT molecular complexity index is 506. The van der Waals surface area contributed by atoms with Crippen molar-refractivity contribution in [2.45, 2.75) is 38.7 Å². The molecular formula is C15H19ClO3. The first-order chi connectivity index (χ1) is 8.87. The molecule has 2 aliphatic rings. The maximum atomic E-state index is 10.0. The second-order valence-electron chi connectivity index (χ2n) is 6.55. The molecule has 1 aliphatic heterocycles. The fraction of sp³-hybridized carbons (Fsp3) is 0.600. The normalized spacial score (nSPS) is 22.7. The average Bonchev–Trinajstić information content (AvgIpc) is 3.04. The minimum atomic E-state index is -0.525. The highest BCUT2D eigenvalue weighted by Crippen LogP contribution is 2.43. The van der Waals surface area contributed by atoms with Crippen molar-refractivity contribution in [3.05, 3.63) is 22.7 Å².